The minimum Gasteiger partial charge on any atom is -0.479 e. The van der Waals surface area contributed by atoms with Crippen LogP contribution in [0.25, 0.3) is 11.1 Å². The summed E-state index contributed by atoms with van der Waals surface area (Å²) >= 11 is 0. The van der Waals surface area contributed by atoms with Crippen molar-refractivity contribution < 1.29 is 33.7 Å². The van der Waals surface area contributed by atoms with Crippen LogP contribution >= 0.6 is 0 Å². The van der Waals surface area contributed by atoms with Crippen molar-refractivity contribution in [3.05, 3.63) is 65.4 Å². The van der Waals surface area contributed by atoms with E-state index >= 15 is 0 Å². The van der Waals surface area contributed by atoms with Gasteiger partial charge in [0.05, 0.1) is 0 Å². The zero-order valence-electron chi connectivity index (χ0n) is 17.8. The number of carboxylic acids is 1. The first-order valence-corrected chi connectivity index (χ1v) is 10.7. The normalized spacial score (nSPS) is 15.2. The van der Waals surface area contributed by atoms with Crippen molar-refractivity contribution in [1.29, 1.82) is 0 Å². The van der Waals surface area contributed by atoms with E-state index in [0.29, 0.717) is 12.8 Å². The zero-order chi connectivity index (χ0) is 23.7. The molecule has 0 spiro atoms. The van der Waals surface area contributed by atoms with E-state index in [2.05, 4.69) is 20.3 Å². The number of hydrogen-bond donors (Lipinski definition) is 3. The number of hydrogen-bond acceptors (Lipinski definition) is 8. The summed E-state index contributed by atoms with van der Waals surface area (Å²) in [7, 11) is 0. The van der Waals surface area contributed by atoms with Crippen LogP contribution in [0.1, 0.15) is 40.4 Å². The second-order valence-electron chi connectivity index (χ2n) is 8.06. The summed E-state index contributed by atoms with van der Waals surface area (Å²) in [6.07, 6.45) is -0.615. The summed E-state index contributed by atoms with van der Waals surface area (Å²) in [6.45, 7) is 0.0669. The number of carbonyl (C=O) groups excluding carboxylic acids is 2. The van der Waals surface area contributed by atoms with Gasteiger partial charge < -0.3 is 9.84 Å². The molecule has 0 saturated heterocycles. The van der Waals surface area contributed by atoms with Crippen LogP contribution in [0.5, 0.6) is 0 Å². The first-order chi connectivity index (χ1) is 16.5. The monoisotopic (exact) mass is 464 g/mol. The molecule has 2 aliphatic rings. The van der Waals surface area contributed by atoms with E-state index in [1.165, 1.54) is 0 Å². The molecule has 1 fully saturated rings. The van der Waals surface area contributed by atoms with E-state index in [4.69, 9.17) is 9.57 Å². The maximum Gasteiger partial charge on any atom is 0.412 e. The van der Waals surface area contributed by atoms with Gasteiger partial charge in [-0.15, -0.1) is 0 Å². The van der Waals surface area contributed by atoms with Gasteiger partial charge in [0, 0.05) is 5.92 Å². The van der Waals surface area contributed by atoms with Gasteiger partial charge in [-0.2, -0.15) is 0 Å². The van der Waals surface area contributed by atoms with Crippen LogP contribution in [-0.2, 0) is 14.4 Å². The molecule has 3 aromatic rings. The van der Waals surface area contributed by atoms with Gasteiger partial charge in [0.25, 0.3) is 0 Å². The summed E-state index contributed by atoms with van der Waals surface area (Å²) in [5, 5.41) is 18.5. The third kappa shape index (κ3) is 4.20. The van der Waals surface area contributed by atoms with Gasteiger partial charge in [0.1, 0.15) is 6.61 Å². The lowest BCUT2D eigenvalue weighted by atomic mass is 9.98. The fourth-order valence-electron chi connectivity index (χ4n) is 4.06. The Hall–Kier alpha value is -4.25. The molecule has 11 heteroatoms. The van der Waals surface area contributed by atoms with E-state index in [0.717, 1.165) is 22.3 Å². The second kappa shape index (κ2) is 8.94. The van der Waals surface area contributed by atoms with E-state index in [1.807, 2.05) is 54.0 Å². The topological polar surface area (TPSA) is 153 Å². The lowest BCUT2D eigenvalue weighted by Gasteiger charge is -2.14. The molecule has 1 unspecified atom stereocenters. The predicted octanol–water partition coefficient (Wildman–Crippen LogP) is 2.96. The predicted molar refractivity (Wildman–Crippen MR) is 116 cm³/mol. The Kier molecular flexibility index (Phi) is 5.68. The van der Waals surface area contributed by atoms with Crippen molar-refractivity contribution >= 4 is 23.8 Å². The van der Waals surface area contributed by atoms with E-state index in [9.17, 15) is 19.5 Å². The largest absolute Gasteiger partial charge is 0.479 e. The fourth-order valence-corrected chi connectivity index (χ4v) is 4.06. The Morgan fingerprint density at radius 3 is 2.29 bits per heavy atom. The SMILES string of the molecule is O=C(Nc1nonc1C(=O)NOC(C(=O)O)C1CC1)OCC1c2ccccc2-c2ccccc21. The van der Waals surface area contributed by atoms with Crippen LogP contribution in [-0.4, -0.2) is 46.1 Å². The number of carbonyl (C=O) groups is 3. The Balaban J connectivity index is 1.21. The van der Waals surface area contributed by atoms with Gasteiger partial charge in [0.15, 0.2) is 6.10 Å². The number of amides is 2. The van der Waals surface area contributed by atoms with Crippen molar-refractivity contribution in [2.45, 2.75) is 24.9 Å². The molecular weight excluding hydrogens is 444 g/mol. The van der Waals surface area contributed by atoms with Crippen LogP contribution < -0.4 is 10.8 Å². The molecule has 0 aliphatic heterocycles. The number of ether oxygens (including phenoxy) is 1. The Bertz CT molecular complexity index is 1210. The Morgan fingerprint density at radius 2 is 1.68 bits per heavy atom. The van der Waals surface area contributed by atoms with Gasteiger partial charge >= 0.3 is 18.0 Å². The maximum atomic E-state index is 12.4. The smallest absolute Gasteiger partial charge is 0.412 e. The summed E-state index contributed by atoms with van der Waals surface area (Å²) in [4.78, 5) is 41.0. The van der Waals surface area contributed by atoms with Gasteiger partial charge in [0.2, 0.25) is 11.5 Å². The van der Waals surface area contributed by atoms with Crippen LogP contribution in [0.3, 0.4) is 0 Å². The number of anilines is 1. The van der Waals surface area contributed by atoms with Crippen LogP contribution in [0.4, 0.5) is 10.6 Å². The lowest BCUT2D eigenvalue weighted by Crippen LogP contribution is -2.36. The molecule has 0 bridgehead atoms. The highest BCUT2D eigenvalue weighted by Crippen LogP contribution is 2.44. The average Bonchev–Trinajstić information content (AvgIpc) is 3.47. The van der Waals surface area contributed by atoms with Gasteiger partial charge in [-0.3, -0.25) is 14.9 Å². The molecule has 2 amide bonds. The van der Waals surface area contributed by atoms with Crippen molar-refractivity contribution in [1.82, 2.24) is 15.8 Å². The fraction of sp³-hybridized carbons (Fsp3) is 0.261. The van der Waals surface area contributed by atoms with Gasteiger partial charge in [-0.25, -0.2) is 19.7 Å². The second-order valence-corrected chi connectivity index (χ2v) is 8.06. The minimum atomic E-state index is -1.18. The number of benzene rings is 2. The number of aromatic nitrogens is 2. The molecule has 11 nitrogen and oxygen atoms in total. The Labute approximate surface area is 193 Å². The molecule has 1 atom stereocenters. The number of aliphatic carboxylic acids is 1. The summed E-state index contributed by atoms with van der Waals surface area (Å²) in [5.74, 6) is -2.68. The third-order valence-corrected chi connectivity index (χ3v) is 5.84. The number of nitrogens with zero attached hydrogens (tertiary/aromatic N) is 2. The lowest BCUT2D eigenvalue weighted by molar-refractivity contribution is -0.155. The molecule has 1 aromatic heterocycles. The third-order valence-electron chi connectivity index (χ3n) is 5.84. The highest BCUT2D eigenvalue weighted by Gasteiger charge is 2.38. The zero-order valence-corrected chi connectivity index (χ0v) is 17.8. The van der Waals surface area contributed by atoms with Gasteiger partial charge in [-0.05, 0) is 51.3 Å². The molecule has 1 saturated carbocycles. The molecular formula is C23H20N4O7. The number of nitrogens with one attached hydrogen (secondary N) is 2. The van der Waals surface area contributed by atoms with Gasteiger partial charge in [-0.1, -0.05) is 48.5 Å². The van der Waals surface area contributed by atoms with E-state index in [1.54, 1.807) is 0 Å². The average molecular weight is 464 g/mol. The van der Waals surface area contributed by atoms with Crippen molar-refractivity contribution in [3.8, 4) is 11.1 Å². The molecule has 0 radical (unpaired) electrons. The molecule has 3 N–H and O–H groups in total. The summed E-state index contributed by atoms with van der Waals surface area (Å²) in [5.41, 5.74) is 5.95. The Morgan fingerprint density at radius 1 is 1.03 bits per heavy atom. The van der Waals surface area contributed by atoms with E-state index in [-0.39, 0.29) is 30.0 Å². The van der Waals surface area contributed by atoms with Crippen LogP contribution in [0.2, 0.25) is 0 Å². The number of rotatable bonds is 8. The minimum absolute atomic E-state index is 0.0669. The first-order valence-electron chi connectivity index (χ1n) is 10.7. The molecule has 2 aromatic carbocycles. The number of carboxylic acid groups (broad SMARTS) is 1. The number of fused-ring (bicyclic) bond motifs is 3. The molecule has 34 heavy (non-hydrogen) atoms. The molecule has 1 heterocycles. The van der Waals surface area contributed by atoms with Crippen LogP contribution in [0, 0.1) is 5.92 Å². The number of hydroxylamine groups is 1. The van der Waals surface area contributed by atoms with Crippen molar-refractivity contribution in [3.63, 3.8) is 0 Å². The maximum absolute atomic E-state index is 12.4. The molecule has 5 rings (SSSR count). The highest BCUT2D eigenvalue weighted by atomic mass is 16.7. The molecule has 174 valence electrons. The highest BCUT2D eigenvalue weighted by molar-refractivity contribution is 5.99. The standard InChI is InChI=1S/C23H20N4O7/c28-21(27-33-19(22(29)30)12-9-10-12)18-20(26-34-25-18)24-23(31)32-11-17-15-7-3-1-5-13(15)14-6-2-4-8-16(14)17/h1-8,12,17,19H,9-11H2,(H,27,28)(H,29,30)(H,24,26,31). The first kappa shape index (κ1) is 21.6. The summed E-state index contributed by atoms with van der Waals surface area (Å²) in [6, 6.07) is 15.8. The van der Waals surface area contributed by atoms with Crippen LogP contribution in [0.15, 0.2) is 53.2 Å². The van der Waals surface area contributed by atoms with Crippen molar-refractivity contribution in [2.75, 3.05) is 11.9 Å². The van der Waals surface area contributed by atoms with E-state index < -0.39 is 24.1 Å². The summed E-state index contributed by atoms with van der Waals surface area (Å²) < 4.78 is 9.97. The quantitative estimate of drug-likeness (QED) is 0.427. The molecule has 2 aliphatic carbocycles. The van der Waals surface area contributed by atoms with Crippen molar-refractivity contribution in [2.24, 2.45) is 5.92 Å².